The second kappa shape index (κ2) is 4.03. The van der Waals surface area contributed by atoms with Gasteiger partial charge in [0.15, 0.2) is 0 Å². The van der Waals surface area contributed by atoms with Gasteiger partial charge in [0.1, 0.15) is 0 Å². The van der Waals surface area contributed by atoms with Crippen LogP contribution in [0.1, 0.15) is 11.7 Å². The maximum atomic E-state index is 5.91. The first-order valence-electron chi connectivity index (χ1n) is 3.78. The topological polar surface area (TPSA) is 29.3 Å². The summed E-state index contributed by atoms with van der Waals surface area (Å²) in [6, 6.07) is 8.04. The molecule has 0 radical (unpaired) electrons. The van der Waals surface area contributed by atoms with Gasteiger partial charge in [-0.25, -0.2) is 0 Å². The molecule has 0 amide bonds. The molecule has 0 aliphatic carbocycles. The molecule has 66 valence electrons. The van der Waals surface area contributed by atoms with Crippen molar-refractivity contribution in [2.24, 2.45) is 5.73 Å². The van der Waals surface area contributed by atoms with Crippen LogP contribution in [-0.2, 0) is 0 Å². The van der Waals surface area contributed by atoms with Crippen LogP contribution >= 0.6 is 15.9 Å². The summed E-state index contributed by atoms with van der Waals surface area (Å²) in [5, 5.41) is 0. The van der Waals surface area contributed by atoms with E-state index in [2.05, 4.69) is 15.9 Å². The summed E-state index contributed by atoms with van der Waals surface area (Å²) < 4.78 is 1.07. The van der Waals surface area contributed by atoms with E-state index in [0.717, 1.165) is 10.0 Å². The number of halogens is 1. The van der Waals surface area contributed by atoms with Crippen molar-refractivity contribution in [1.29, 1.82) is 0 Å². The van der Waals surface area contributed by atoms with Crippen molar-refractivity contribution in [1.82, 2.24) is 4.90 Å². The van der Waals surface area contributed by atoms with E-state index in [1.54, 1.807) is 0 Å². The normalized spacial score (nSPS) is 13.4. The lowest BCUT2D eigenvalue weighted by Crippen LogP contribution is -2.27. The van der Waals surface area contributed by atoms with Crippen LogP contribution in [0.5, 0.6) is 0 Å². The Morgan fingerprint density at radius 3 is 2.58 bits per heavy atom. The minimum absolute atomic E-state index is 0.0255. The molecule has 0 saturated heterocycles. The summed E-state index contributed by atoms with van der Waals surface area (Å²) >= 11 is 3.41. The zero-order valence-corrected chi connectivity index (χ0v) is 8.88. The standard InChI is InChI=1S/C9H13BrN2/c1-12(2)9(11)7-4-3-5-8(10)6-7/h3-6,9H,11H2,1-2H3. The van der Waals surface area contributed by atoms with Gasteiger partial charge in [-0.3, -0.25) is 4.90 Å². The molecule has 0 bridgehead atoms. The van der Waals surface area contributed by atoms with Crippen molar-refractivity contribution in [2.45, 2.75) is 6.17 Å². The van der Waals surface area contributed by atoms with Crippen LogP contribution in [0.25, 0.3) is 0 Å². The highest BCUT2D eigenvalue weighted by molar-refractivity contribution is 9.10. The van der Waals surface area contributed by atoms with E-state index in [-0.39, 0.29) is 6.17 Å². The van der Waals surface area contributed by atoms with Gasteiger partial charge in [-0.15, -0.1) is 0 Å². The van der Waals surface area contributed by atoms with Crippen molar-refractivity contribution >= 4 is 15.9 Å². The fourth-order valence-electron chi connectivity index (χ4n) is 0.989. The molecule has 2 N–H and O–H groups in total. The lowest BCUT2D eigenvalue weighted by molar-refractivity contribution is 0.307. The zero-order chi connectivity index (χ0) is 9.14. The Morgan fingerprint density at radius 2 is 2.08 bits per heavy atom. The predicted molar refractivity (Wildman–Crippen MR) is 54.8 cm³/mol. The molecule has 2 nitrogen and oxygen atoms in total. The number of nitrogens with two attached hydrogens (primary N) is 1. The average molecular weight is 229 g/mol. The molecule has 12 heavy (non-hydrogen) atoms. The summed E-state index contributed by atoms with van der Waals surface area (Å²) in [7, 11) is 3.93. The van der Waals surface area contributed by atoms with Crippen molar-refractivity contribution in [3.63, 3.8) is 0 Å². The fourth-order valence-corrected chi connectivity index (χ4v) is 1.41. The van der Waals surface area contributed by atoms with Crippen LogP contribution in [0.4, 0.5) is 0 Å². The molecule has 0 spiro atoms. The van der Waals surface area contributed by atoms with Gasteiger partial charge in [-0.05, 0) is 31.8 Å². The summed E-state index contributed by atoms with van der Waals surface area (Å²) in [5.41, 5.74) is 7.03. The molecular formula is C9H13BrN2. The quantitative estimate of drug-likeness (QED) is 0.785. The van der Waals surface area contributed by atoms with Crippen LogP contribution in [-0.4, -0.2) is 19.0 Å². The van der Waals surface area contributed by atoms with Gasteiger partial charge in [0.05, 0.1) is 6.17 Å². The largest absolute Gasteiger partial charge is 0.312 e. The SMILES string of the molecule is CN(C)C(N)c1cccc(Br)c1. The fraction of sp³-hybridized carbons (Fsp3) is 0.333. The Balaban J connectivity index is 2.88. The van der Waals surface area contributed by atoms with Crippen LogP contribution in [0.2, 0.25) is 0 Å². The highest BCUT2D eigenvalue weighted by Gasteiger charge is 2.06. The monoisotopic (exact) mass is 228 g/mol. The van der Waals surface area contributed by atoms with E-state index in [9.17, 15) is 0 Å². The maximum absolute atomic E-state index is 5.91. The third-order valence-electron chi connectivity index (χ3n) is 1.75. The Morgan fingerprint density at radius 1 is 1.42 bits per heavy atom. The van der Waals surface area contributed by atoms with Gasteiger partial charge < -0.3 is 5.73 Å². The second-order valence-electron chi connectivity index (χ2n) is 2.96. The van der Waals surface area contributed by atoms with Gasteiger partial charge >= 0.3 is 0 Å². The maximum Gasteiger partial charge on any atom is 0.0830 e. The van der Waals surface area contributed by atoms with Crippen LogP contribution in [0.3, 0.4) is 0 Å². The van der Waals surface area contributed by atoms with Gasteiger partial charge in [-0.1, -0.05) is 28.1 Å². The summed E-state index contributed by atoms with van der Waals surface area (Å²) in [4.78, 5) is 1.97. The number of hydrogen-bond donors (Lipinski definition) is 1. The van der Waals surface area contributed by atoms with E-state index in [4.69, 9.17) is 5.73 Å². The highest BCUT2D eigenvalue weighted by Crippen LogP contribution is 2.17. The number of benzene rings is 1. The third-order valence-corrected chi connectivity index (χ3v) is 2.24. The Kier molecular flexibility index (Phi) is 3.26. The van der Waals surface area contributed by atoms with E-state index in [1.807, 2.05) is 43.3 Å². The predicted octanol–water partition coefficient (Wildman–Crippen LogP) is 1.97. The van der Waals surface area contributed by atoms with E-state index < -0.39 is 0 Å². The van der Waals surface area contributed by atoms with Crippen LogP contribution < -0.4 is 5.73 Å². The van der Waals surface area contributed by atoms with Crippen molar-refractivity contribution < 1.29 is 0 Å². The number of rotatable bonds is 2. The molecule has 0 aromatic heterocycles. The first-order valence-corrected chi connectivity index (χ1v) is 4.58. The first kappa shape index (κ1) is 9.71. The average Bonchev–Trinajstić information content (AvgIpc) is 2.03. The minimum atomic E-state index is -0.0255. The molecule has 1 aromatic carbocycles. The Labute approximate surface area is 81.5 Å². The smallest absolute Gasteiger partial charge is 0.0830 e. The molecule has 0 heterocycles. The van der Waals surface area contributed by atoms with Gasteiger partial charge in [0.25, 0.3) is 0 Å². The Bertz CT molecular complexity index is 260. The van der Waals surface area contributed by atoms with Gasteiger partial charge in [-0.2, -0.15) is 0 Å². The molecule has 1 atom stereocenters. The van der Waals surface area contributed by atoms with Crippen molar-refractivity contribution in [2.75, 3.05) is 14.1 Å². The van der Waals surface area contributed by atoms with Gasteiger partial charge in [0, 0.05) is 4.47 Å². The van der Waals surface area contributed by atoms with Crippen molar-refractivity contribution in [3.8, 4) is 0 Å². The van der Waals surface area contributed by atoms with Crippen LogP contribution in [0, 0.1) is 0 Å². The molecule has 0 aliphatic heterocycles. The zero-order valence-electron chi connectivity index (χ0n) is 7.29. The lowest BCUT2D eigenvalue weighted by atomic mass is 10.2. The molecule has 0 saturated carbocycles. The summed E-state index contributed by atoms with van der Waals surface area (Å²) in [6.07, 6.45) is -0.0255. The first-order chi connectivity index (χ1) is 5.61. The Hall–Kier alpha value is -0.380. The third kappa shape index (κ3) is 2.30. The lowest BCUT2D eigenvalue weighted by Gasteiger charge is -2.19. The second-order valence-corrected chi connectivity index (χ2v) is 3.88. The minimum Gasteiger partial charge on any atom is -0.312 e. The highest BCUT2D eigenvalue weighted by atomic mass is 79.9. The summed E-state index contributed by atoms with van der Waals surface area (Å²) in [6.45, 7) is 0. The molecule has 1 unspecified atom stereocenters. The summed E-state index contributed by atoms with van der Waals surface area (Å²) in [5.74, 6) is 0. The molecule has 0 fully saturated rings. The molecule has 3 heteroatoms. The van der Waals surface area contributed by atoms with Crippen LogP contribution in [0.15, 0.2) is 28.7 Å². The molecular weight excluding hydrogens is 216 g/mol. The van der Waals surface area contributed by atoms with E-state index in [1.165, 1.54) is 0 Å². The van der Waals surface area contributed by atoms with Gasteiger partial charge in [0.2, 0.25) is 0 Å². The molecule has 1 aromatic rings. The van der Waals surface area contributed by atoms with E-state index in [0.29, 0.717) is 0 Å². The molecule has 1 rings (SSSR count). The number of hydrogen-bond acceptors (Lipinski definition) is 2. The molecule has 0 aliphatic rings. The van der Waals surface area contributed by atoms with E-state index >= 15 is 0 Å². The number of nitrogens with zero attached hydrogens (tertiary/aromatic N) is 1. The van der Waals surface area contributed by atoms with Crippen molar-refractivity contribution in [3.05, 3.63) is 34.3 Å².